The molecule has 2 aliphatic carbocycles. The van der Waals surface area contributed by atoms with Gasteiger partial charge in [-0.25, -0.2) is 4.79 Å². The molecule has 1 spiro atoms. The molecule has 0 radical (unpaired) electrons. The SMILES string of the molecule is Cc1ccc(C23CCN(C(=O)C4CC5(COC(=O)N5)C4)CC2C3)cc1Cl. The smallest absolute Gasteiger partial charge is 0.407 e. The molecule has 138 valence electrons. The van der Waals surface area contributed by atoms with Gasteiger partial charge in [-0.3, -0.25) is 4.79 Å². The van der Waals surface area contributed by atoms with E-state index in [9.17, 15) is 9.59 Å². The van der Waals surface area contributed by atoms with Gasteiger partial charge in [-0.1, -0.05) is 23.7 Å². The zero-order valence-electron chi connectivity index (χ0n) is 14.9. The number of amides is 2. The first-order valence-electron chi connectivity index (χ1n) is 9.41. The number of ether oxygens (including phenoxy) is 1. The number of alkyl carbamates (subject to hydrolysis) is 1. The van der Waals surface area contributed by atoms with Crippen molar-refractivity contribution in [3.8, 4) is 0 Å². The van der Waals surface area contributed by atoms with Crippen LogP contribution in [0.3, 0.4) is 0 Å². The van der Waals surface area contributed by atoms with E-state index in [4.69, 9.17) is 16.3 Å². The maximum absolute atomic E-state index is 12.9. The highest BCUT2D eigenvalue weighted by Gasteiger charge is 2.59. The Morgan fingerprint density at radius 3 is 2.81 bits per heavy atom. The van der Waals surface area contributed by atoms with Crippen LogP contribution in [-0.4, -0.2) is 42.1 Å². The Morgan fingerprint density at radius 1 is 1.35 bits per heavy atom. The van der Waals surface area contributed by atoms with Gasteiger partial charge < -0.3 is 15.0 Å². The molecule has 2 saturated carbocycles. The van der Waals surface area contributed by atoms with Crippen LogP contribution in [-0.2, 0) is 14.9 Å². The Balaban J connectivity index is 1.22. The lowest BCUT2D eigenvalue weighted by Gasteiger charge is -2.44. The van der Waals surface area contributed by atoms with Gasteiger partial charge in [0, 0.05) is 29.4 Å². The summed E-state index contributed by atoms with van der Waals surface area (Å²) in [6, 6.07) is 6.43. The topological polar surface area (TPSA) is 58.6 Å². The number of carbonyl (C=O) groups excluding carboxylic acids is 2. The summed E-state index contributed by atoms with van der Waals surface area (Å²) in [5, 5.41) is 3.70. The van der Waals surface area contributed by atoms with Crippen LogP contribution in [0, 0.1) is 18.8 Å². The minimum absolute atomic E-state index is 0.0251. The number of fused-ring (bicyclic) bond motifs is 1. The Hall–Kier alpha value is -1.75. The van der Waals surface area contributed by atoms with Crippen molar-refractivity contribution in [2.75, 3.05) is 19.7 Å². The van der Waals surface area contributed by atoms with Gasteiger partial charge in [0.25, 0.3) is 0 Å². The first kappa shape index (κ1) is 16.4. The van der Waals surface area contributed by atoms with Crippen LogP contribution in [0.5, 0.6) is 0 Å². The highest BCUT2D eigenvalue weighted by molar-refractivity contribution is 6.31. The summed E-state index contributed by atoms with van der Waals surface area (Å²) in [7, 11) is 0. The molecule has 4 fully saturated rings. The molecule has 2 amide bonds. The van der Waals surface area contributed by atoms with Crippen molar-refractivity contribution in [1.29, 1.82) is 0 Å². The van der Waals surface area contributed by atoms with Crippen molar-refractivity contribution < 1.29 is 14.3 Å². The lowest BCUT2D eigenvalue weighted by atomic mass is 9.68. The standard InChI is InChI=1S/C20H23ClN2O3/c1-12-2-3-14(6-16(12)21)20-4-5-23(10-15(20)9-20)17(24)13-7-19(8-13)11-26-18(25)22-19/h2-3,6,13,15H,4-5,7-11H2,1H3,(H,22,25). The maximum Gasteiger partial charge on any atom is 0.407 e. The minimum atomic E-state index is -0.353. The zero-order chi connectivity index (χ0) is 18.1. The molecule has 2 saturated heterocycles. The maximum atomic E-state index is 12.9. The molecule has 1 aromatic rings. The van der Waals surface area contributed by atoms with Crippen LogP contribution in [0.15, 0.2) is 18.2 Å². The quantitative estimate of drug-likeness (QED) is 0.865. The van der Waals surface area contributed by atoms with Gasteiger partial charge in [-0.2, -0.15) is 0 Å². The van der Waals surface area contributed by atoms with Crippen LogP contribution in [0.25, 0.3) is 0 Å². The highest BCUT2D eigenvalue weighted by Crippen LogP contribution is 2.59. The summed E-state index contributed by atoms with van der Waals surface area (Å²) in [5.74, 6) is 0.818. The molecule has 5 rings (SSSR count). The fraction of sp³-hybridized carbons (Fsp3) is 0.600. The molecule has 2 atom stereocenters. The summed E-state index contributed by atoms with van der Waals surface area (Å²) in [6.45, 7) is 4.08. The van der Waals surface area contributed by atoms with Gasteiger partial charge in [-0.15, -0.1) is 0 Å². The molecule has 6 heteroatoms. The first-order chi connectivity index (χ1) is 12.4. The number of hydrogen-bond donors (Lipinski definition) is 1. The van der Waals surface area contributed by atoms with E-state index in [0.29, 0.717) is 25.4 Å². The lowest BCUT2D eigenvalue weighted by molar-refractivity contribution is -0.142. The van der Waals surface area contributed by atoms with Crippen LogP contribution >= 0.6 is 11.6 Å². The average Bonchev–Trinajstić information content (AvgIpc) is 3.21. The zero-order valence-corrected chi connectivity index (χ0v) is 15.6. The van der Waals surface area contributed by atoms with Gasteiger partial charge >= 0.3 is 6.09 Å². The molecule has 26 heavy (non-hydrogen) atoms. The molecule has 2 heterocycles. The molecule has 1 aromatic carbocycles. The number of nitrogens with one attached hydrogen (secondary N) is 1. The average molecular weight is 375 g/mol. The van der Waals surface area contributed by atoms with Crippen LogP contribution in [0.2, 0.25) is 5.02 Å². The fourth-order valence-corrected chi connectivity index (χ4v) is 5.43. The van der Waals surface area contributed by atoms with E-state index in [1.165, 1.54) is 5.56 Å². The van der Waals surface area contributed by atoms with Crippen LogP contribution < -0.4 is 5.32 Å². The van der Waals surface area contributed by atoms with Gasteiger partial charge in [0.05, 0.1) is 5.54 Å². The minimum Gasteiger partial charge on any atom is -0.447 e. The van der Waals surface area contributed by atoms with E-state index in [0.717, 1.165) is 36.5 Å². The second kappa shape index (κ2) is 5.38. The molecular weight excluding hydrogens is 352 g/mol. The number of benzene rings is 1. The third-order valence-electron chi connectivity index (χ3n) is 7.03. The van der Waals surface area contributed by atoms with Crippen LogP contribution in [0.4, 0.5) is 4.79 Å². The number of nitrogens with zero attached hydrogens (tertiary/aromatic N) is 1. The number of aryl methyl sites for hydroxylation is 1. The van der Waals surface area contributed by atoms with Crippen molar-refractivity contribution in [3.05, 3.63) is 34.3 Å². The Bertz CT molecular complexity index is 804. The third-order valence-corrected chi connectivity index (χ3v) is 7.44. The van der Waals surface area contributed by atoms with E-state index in [1.807, 2.05) is 11.8 Å². The number of halogens is 1. The van der Waals surface area contributed by atoms with Gasteiger partial charge in [-0.05, 0) is 55.7 Å². The highest BCUT2D eigenvalue weighted by atomic mass is 35.5. The molecule has 2 aliphatic heterocycles. The molecule has 0 aromatic heterocycles. The molecule has 2 unspecified atom stereocenters. The molecular formula is C20H23ClN2O3. The van der Waals surface area contributed by atoms with Crippen molar-refractivity contribution in [2.45, 2.75) is 43.6 Å². The number of rotatable bonds is 2. The van der Waals surface area contributed by atoms with E-state index in [1.54, 1.807) is 0 Å². The van der Waals surface area contributed by atoms with Crippen molar-refractivity contribution in [2.24, 2.45) is 11.8 Å². The summed E-state index contributed by atoms with van der Waals surface area (Å²) < 4.78 is 5.00. The van der Waals surface area contributed by atoms with Gasteiger partial charge in [0.2, 0.25) is 5.91 Å². The molecule has 0 bridgehead atoms. The largest absolute Gasteiger partial charge is 0.447 e. The normalized spacial score (nSPS) is 37.6. The van der Waals surface area contributed by atoms with Crippen molar-refractivity contribution >= 4 is 23.6 Å². The number of carbonyl (C=O) groups is 2. The summed E-state index contributed by atoms with van der Waals surface area (Å²) in [4.78, 5) is 26.2. The third kappa shape index (κ3) is 2.36. The molecule has 5 nitrogen and oxygen atoms in total. The lowest BCUT2D eigenvalue weighted by Crippen LogP contribution is -2.58. The van der Waals surface area contributed by atoms with E-state index in [2.05, 4.69) is 23.5 Å². The van der Waals surface area contributed by atoms with Crippen molar-refractivity contribution in [3.63, 3.8) is 0 Å². The van der Waals surface area contributed by atoms with E-state index >= 15 is 0 Å². The molecule has 4 aliphatic rings. The second-order valence-electron chi connectivity index (χ2n) is 8.64. The fourth-order valence-electron chi connectivity index (χ4n) is 5.25. The number of hydrogen-bond acceptors (Lipinski definition) is 3. The van der Waals surface area contributed by atoms with Gasteiger partial charge in [0.15, 0.2) is 0 Å². The predicted octanol–water partition coefficient (Wildman–Crippen LogP) is 3.03. The summed E-state index contributed by atoms with van der Waals surface area (Å²) in [5.41, 5.74) is 2.38. The first-order valence-corrected chi connectivity index (χ1v) is 9.79. The Morgan fingerprint density at radius 2 is 2.15 bits per heavy atom. The number of piperidine rings is 1. The second-order valence-corrected chi connectivity index (χ2v) is 9.05. The predicted molar refractivity (Wildman–Crippen MR) is 97.1 cm³/mol. The Kier molecular flexibility index (Phi) is 3.40. The van der Waals surface area contributed by atoms with Crippen LogP contribution in [0.1, 0.15) is 36.8 Å². The van der Waals surface area contributed by atoms with E-state index in [-0.39, 0.29) is 28.9 Å². The van der Waals surface area contributed by atoms with Crippen molar-refractivity contribution in [1.82, 2.24) is 10.2 Å². The molecule has 1 N–H and O–H groups in total. The number of likely N-dealkylation sites (tertiary alicyclic amines) is 1. The summed E-state index contributed by atoms with van der Waals surface area (Å²) in [6.07, 6.45) is 3.22. The van der Waals surface area contributed by atoms with Gasteiger partial charge in [0.1, 0.15) is 6.61 Å². The Labute approximate surface area is 158 Å². The number of cyclic esters (lactones) is 1. The summed E-state index contributed by atoms with van der Waals surface area (Å²) >= 11 is 6.33. The van der Waals surface area contributed by atoms with E-state index < -0.39 is 0 Å². The monoisotopic (exact) mass is 374 g/mol.